The van der Waals surface area contributed by atoms with Crippen LogP contribution in [0, 0.1) is 5.82 Å². The molecule has 18 heavy (non-hydrogen) atoms. The van der Waals surface area contributed by atoms with Crippen LogP contribution in [0.4, 0.5) is 15.9 Å². The Balaban J connectivity index is 2.12. The number of H-pyrrole nitrogens is 1. The highest BCUT2D eigenvalue weighted by molar-refractivity contribution is 5.92. The van der Waals surface area contributed by atoms with E-state index in [1.165, 1.54) is 12.1 Å². The Morgan fingerprint density at radius 1 is 1.11 bits per heavy atom. The molecule has 3 aromatic rings. The molecule has 0 saturated carbocycles. The van der Waals surface area contributed by atoms with Gasteiger partial charge in [0.05, 0.1) is 5.52 Å². The maximum atomic E-state index is 13.3. The van der Waals surface area contributed by atoms with Gasteiger partial charge in [-0.15, -0.1) is 0 Å². The van der Waals surface area contributed by atoms with Gasteiger partial charge in [0.1, 0.15) is 5.82 Å². The number of benzene rings is 2. The molecule has 3 rings (SSSR count). The van der Waals surface area contributed by atoms with Crippen molar-refractivity contribution in [2.45, 2.75) is 0 Å². The zero-order chi connectivity index (χ0) is 12.5. The van der Waals surface area contributed by atoms with Crippen molar-refractivity contribution in [2.75, 3.05) is 11.9 Å². The number of aromatic amines is 1. The predicted molar refractivity (Wildman–Crippen MR) is 70.6 cm³/mol. The minimum Gasteiger partial charge on any atom is -0.327 e. The zero-order valence-corrected chi connectivity index (χ0v) is 9.89. The van der Waals surface area contributed by atoms with Crippen LogP contribution in [-0.2, 0) is 0 Å². The molecular weight excluding hydrogens is 229 g/mol. The van der Waals surface area contributed by atoms with Crippen LogP contribution in [-0.4, -0.2) is 17.2 Å². The van der Waals surface area contributed by atoms with E-state index in [0.29, 0.717) is 0 Å². The van der Waals surface area contributed by atoms with Crippen LogP contribution in [0.5, 0.6) is 0 Å². The number of anilines is 2. The quantitative estimate of drug-likeness (QED) is 0.745. The number of nitrogens with one attached hydrogen (secondary N) is 1. The Labute approximate surface area is 104 Å². The molecule has 0 amide bonds. The number of rotatable bonds is 2. The highest BCUT2D eigenvalue weighted by Gasteiger charge is 2.12. The van der Waals surface area contributed by atoms with Gasteiger partial charge >= 0.3 is 0 Å². The van der Waals surface area contributed by atoms with E-state index in [-0.39, 0.29) is 5.82 Å². The molecule has 0 aliphatic rings. The summed E-state index contributed by atoms with van der Waals surface area (Å²) in [5.41, 5.74) is 1.84. The van der Waals surface area contributed by atoms with Crippen LogP contribution < -0.4 is 4.90 Å². The van der Waals surface area contributed by atoms with E-state index in [4.69, 9.17) is 0 Å². The molecule has 4 heteroatoms. The fraction of sp³-hybridized carbons (Fsp3) is 0.0714. The molecule has 2 aromatic carbocycles. The molecule has 0 radical (unpaired) electrons. The number of halogens is 1. The first-order chi connectivity index (χ1) is 8.75. The number of aromatic nitrogens is 2. The molecule has 0 atom stereocenters. The summed E-state index contributed by atoms with van der Waals surface area (Å²) < 4.78 is 13.3. The van der Waals surface area contributed by atoms with Crippen LogP contribution in [0.25, 0.3) is 10.9 Å². The summed E-state index contributed by atoms with van der Waals surface area (Å²) in [6, 6.07) is 14.5. The molecule has 3 nitrogen and oxygen atoms in total. The summed E-state index contributed by atoms with van der Waals surface area (Å²) in [6.45, 7) is 0. The van der Waals surface area contributed by atoms with Crippen molar-refractivity contribution >= 4 is 22.4 Å². The lowest BCUT2D eigenvalue weighted by molar-refractivity contribution is 0.629. The summed E-state index contributed by atoms with van der Waals surface area (Å²) >= 11 is 0. The van der Waals surface area contributed by atoms with Gasteiger partial charge < -0.3 is 4.90 Å². The number of para-hydroxylation sites is 1. The largest absolute Gasteiger partial charge is 0.327 e. The highest BCUT2D eigenvalue weighted by atomic mass is 19.1. The summed E-state index contributed by atoms with van der Waals surface area (Å²) in [5, 5.41) is 7.93. The Morgan fingerprint density at radius 2 is 1.89 bits per heavy atom. The van der Waals surface area contributed by atoms with Crippen molar-refractivity contribution in [2.24, 2.45) is 0 Å². The fourth-order valence-corrected chi connectivity index (χ4v) is 2.00. The van der Waals surface area contributed by atoms with Gasteiger partial charge in [-0.2, -0.15) is 5.10 Å². The molecule has 0 aliphatic heterocycles. The summed E-state index contributed by atoms with van der Waals surface area (Å²) in [4.78, 5) is 1.93. The molecule has 0 bridgehead atoms. The SMILES string of the molecule is CN(c1ccccc1)c1n[nH]c2ccc(F)cc12. The molecule has 0 unspecified atom stereocenters. The number of nitrogens with zero attached hydrogens (tertiary/aromatic N) is 2. The van der Waals surface area contributed by atoms with E-state index in [1.54, 1.807) is 6.07 Å². The van der Waals surface area contributed by atoms with Gasteiger partial charge in [0, 0.05) is 18.1 Å². The van der Waals surface area contributed by atoms with Crippen molar-refractivity contribution in [3.8, 4) is 0 Å². The third-order valence-corrected chi connectivity index (χ3v) is 2.97. The van der Waals surface area contributed by atoms with E-state index in [1.807, 2.05) is 42.3 Å². The van der Waals surface area contributed by atoms with Gasteiger partial charge in [-0.25, -0.2) is 4.39 Å². The van der Waals surface area contributed by atoms with E-state index in [0.717, 1.165) is 22.4 Å². The molecule has 0 aliphatic carbocycles. The normalized spacial score (nSPS) is 10.8. The summed E-state index contributed by atoms with van der Waals surface area (Å²) in [5.74, 6) is 0.460. The van der Waals surface area contributed by atoms with E-state index in [9.17, 15) is 4.39 Å². The van der Waals surface area contributed by atoms with E-state index >= 15 is 0 Å². The van der Waals surface area contributed by atoms with Gasteiger partial charge in [0.15, 0.2) is 5.82 Å². The van der Waals surface area contributed by atoms with Gasteiger partial charge in [-0.3, -0.25) is 5.10 Å². The molecular formula is C14H12FN3. The van der Waals surface area contributed by atoms with Crippen molar-refractivity contribution in [3.63, 3.8) is 0 Å². The van der Waals surface area contributed by atoms with Gasteiger partial charge in [0.2, 0.25) is 0 Å². The lowest BCUT2D eigenvalue weighted by Crippen LogP contribution is -2.09. The minimum atomic E-state index is -0.258. The first kappa shape index (κ1) is 10.8. The van der Waals surface area contributed by atoms with Crippen molar-refractivity contribution in [3.05, 3.63) is 54.3 Å². The summed E-state index contributed by atoms with van der Waals surface area (Å²) in [7, 11) is 1.91. The third-order valence-electron chi connectivity index (χ3n) is 2.97. The Bertz CT molecular complexity index is 676. The second-order valence-corrected chi connectivity index (χ2v) is 4.13. The maximum Gasteiger partial charge on any atom is 0.162 e. The van der Waals surface area contributed by atoms with Crippen molar-refractivity contribution in [1.82, 2.24) is 10.2 Å². The van der Waals surface area contributed by atoms with Crippen LogP contribution >= 0.6 is 0 Å². The van der Waals surface area contributed by atoms with Gasteiger partial charge in [-0.05, 0) is 30.3 Å². The number of hydrogen-bond donors (Lipinski definition) is 1. The zero-order valence-electron chi connectivity index (χ0n) is 9.89. The van der Waals surface area contributed by atoms with Crippen LogP contribution in [0.3, 0.4) is 0 Å². The van der Waals surface area contributed by atoms with Crippen LogP contribution in [0.1, 0.15) is 0 Å². The average Bonchev–Trinajstić information content (AvgIpc) is 2.82. The topological polar surface area (TPSA) is 31.9 Å². The Hall–Kier alpha value is -2.36. The maximum absolute atomic E-state index is 13.3. The molecule has 0 fully saturated rings. The van der Waals surface area contributed by atoms with Gasteiger partial charge in [0.25, 0.3) is 0 Å². The second-order valence-electron chi connectivity index (χ2n) is 4.13. The second kappa shape index (κ2) is 4.14. The first-order valence-corrected chi connectivity index (χ1v) is 5.68. The smallest absolute Gasteiger partial charge is 0.162 e. The van der Waals surface area contributed by atoms with Crippen molar-refractivity contribution < 1.29 is 4.39 Å². The number of hydrogen-bond acceptors (Lipinski definition) is 2. The average molecular weight is 241 g/mol. The molecule has 1 N–H and O–H groups in total. The fourth-order valence-electron chi connectivity index (χ4n) is 2.00. The molecule has 0 spiro atoms. The molecule has 90 valence electrons. The predicted octanol–water partition coefficient (Wildman–Crippen LogP) is 3.47. The van der Waals surface area contributed by atoms with E-state index < -0.39 is 0 Å². The Kier molecular flexibility index (Phi) is 2.48. The lowest BCUT2D eigenvalue weighted by atomic mass is 10.2. The standard InChI is InChI=1S/C14H12FN3/c1-18(11-5-3-2-4-6-11)14-12-9-10(15)7-8-13(12)16-17-14/h2-9H,1H3,(H,16,17). The summed E-state index contributed by atoms with van der Waals surface area (Å²) in [6.07, 6.45) is 0. The molecule has 0 saturated heterocycles. The van der Waals surface area contributed by atoms with Crippen molar-refractivity contribution in [1.29, 1.82) is 0 Å². The molecule has 1 heterocycles. The van der Waals surface area contributed by atoms with E-state index in [2.05, 4.69) is 10.2 Å². The Morgan fingerprint density at radius 3 is 2.67 bits per heavy atom. The lowest BCUT2D eigenvalue weighted by Gasteiger charge is -2.16. The highest BCUT2D eigenvalue weighted by Crippen LogP contribution is 2.28. The molecule has 1 aromatic heterocycles. The van der Waals surface area contributed by atoms with Crippen LogP contribution in [0.15, 0.2) is 48.5 Å². The monoisotopic (exact) mass is 241 g/mol. The first-order valence-electron chi connectivity index (χ1n) is 5.68. The van der Waals surface area contributed by atoms with Crippen LogP contribution in [0.2, 0.25) is 0 Å². The number of fused-ring (bicyclic) bond motifs is 1. The minimum absolute atomic E-state index is 0.258. The third kappa shape index (κ3) is 1.72. The van der Waals surface area contributed by atoms with Gasteiger partial charge in [-0.1, -0.05) is 18.2 Å².